The molecule has 9 heteroatoms. The van der Waals surface area contributed by atoms with Crippen molar-refractivity contribution in [1.29, 1.82) is 0 Å². The highest BCUT2D eigenvalue weighted by Crippen LogP contribution is 2.20. The predicted octanol–water partition coefficient (Wildman–Crippen LogP) is 1.55. The minimum Gasteiger partial charge on any atom is -0.355 e. The molecule has 0 amide bonds. The standard InChI is InChI=1S/C17H31N7S.HI/c1-13(2)16-22-21-15-5-4-14(12-24(15)16)20-17(18-3)19-6-7-23-8-10-25-11-9-23;/h13-14H,4-12H2,1-3H3,(H2,18,19,20);1H. The van der Waals surface area contributed by atoms with Gasteiger partial charge in [0.05, 0.1) is 0 Å². The number of nitrogens with zero attached hydrogens (tertiary/aromatic N) is 5. The fourth-order valence-corrected chi connectivity index (χ4v) is 4.42. The number of hydrogen-bond donors (Lipinski definition) is 2. The summed E-state index contributed by atoms with van der Waals surface area (Å²) in [6.45, 7) is 9.69. The number of aryl methyl sites for hydroxylation is 1. The molecule has 2 aliphatic heterocycles. The van der Waals surface area contributed by atoms with E-state index >= 15 is 0 Å². The topological polar surface area (TPSA) is 70.4 Å². The molecular weight excluding hydrogens is 461 g/mol. The predicted molar refractivity (Wildman–Crippen MR) is 120 cm³/mol. The van der Waals surface area contributed by atoms with E-state index in [2.05, 4.69) is 60.9 Å². The van der Waals surface area contributed by atoms with Gasteiger partial charge in [0.2, 0.25) is 0 Å². The van der Waals surface area contributed by atoms with Crippen LogP contribution in [0, 0.1) is 0 Å². The summed E-state index contributed by atoms with van der Waals surface area (Å²) in [7, 11) is 1.85. The number of thioether (sulfide) groups is 1. The molecule has 0 saturated carbocycles. The number of halogens is 1. The van der Waals surface area contributed by atoms with Gasteiger partial charge in [0.15, 0.2) is 5.96 Å². The molecule has 0 spiro atoms. The number of nitrogens with one attached hydrogen (secondary N) is 2. The normalized spacial score (nSPS) is 21.2. The second kappa shape index (κ2) is 10.7. The number of guanidine groups is 1. The Hall–Kier alpha value is -0.550. The molecule has 26 heavy (non-hydrogen) atoms. The van der Waals surface area contributed by atoms with Gasteiger partial charge in [0.1, 0.15) is 11.6 Å². The highest BCUT2D eigenvalue weighted by atomic mass is 127. The van der Waals surface area contributed by atoms with Gasteiger partial charge in [-0.15, -0.1) is 34.2 Å². The fraction of sp³-hybridized carbons (Fsp3) is 0.824. The number of aliphatic imine (C=N–C) groups is 1. The van der Waals surface area contributed by atoms with E-state index in [1.807, 2.05) is 7.05 Å². The van der Waals surface area contributed by atoms with E-state index in [9.17, 15) is 0 Å². The molecule has 1 unspecified atom stereocenters. The lowest BCUT2D eigenvalue weighted by Gasteiger charge is -2.28. The third-order valence-corrected chi connectivity index (χ3v) is 5.82. The lowest BCUT2D eigenvalue weighted by atomic mass is 10.1. The average Bonchev–Trinajstić information content (AvgIpc) is 3.05. The third-order valence-electron chi connectivity index (χ3n) is 4.88. The van der Waals surface area contributed by atoms with Gasteiger partial charge in [-0.05, 0) is 6.42 Å². The lowest BCUT2D eigenvalue weighted by Crippen LogP contribution is -2.49. The summed E-state index contributed by atoms with van der Waals surface area (Å²) in [5, 5.41) is 15.8. The van der Waals surface area contributed by atoms with E-state index in [0.717, 1.165) is 50.1 Å². The highest BCUT2D eigenvalue weighted by molar-refractivity contribution is 14.0. The van der Waals surface area contributed by atoms with Crippen molar-refractivity contribution in [3.05, 3.63) is 11.6 Å². The molecule has 2 aliphatic rings. The molecule has 0 bridgehead atoms. The smallest absolute Gasteiger partial charge is 0.191 e. The van der Waals surface area contributed by atoms with Crippen molar-refractivity contribution in [3.8, 4) is 0 Å². The fourth-order valence-electron chi connectivity index (χ4n) is 3.44. The Morgan fingerprint density at radius 1 is 1.31 bits per heavy atom. The van der Waals surface area contributed by atoms with Gasteiger partial charge in [-0.25, -0.2) is 0 Å². The quantitative estimate of drug-likeness (QED) is 0.369. The van der Waals surface area contributed by atoms with Crippen LogP contribution in [-0.2, 0) is 13.0 Å². The van der Waals surface area contributed by atoms with Gasteiger partial charge in [-0.1, -0.05) is 13.8 Å². The molecule has 3 rings (SSSR count). The van der Waals surface area contributed by atoms with Crippen molar-refractivity contribution < 1.29 is 0 Å². The molecular formula is C17H32IN7S. The maximum atomic E-state index is 4.40. The Morgan fingerprint density at radius 2 is 2.08 bits per heavy atom. The van der Waals surface area contributed by atoms with E-state index < -0.39 is 0 Å². The first-order valence-electron chi connectivity index (χ1n) is 9.36. The van der Waals surface area contributed by atoms with Crippen molar-refractivity contribution in [2.45, 2.75) is 45.2 Å². The molecule has 148 valence electrons. The third kappa shape index (κ3) is 5.72. The first-order chi connectivity index (χ1) is 12.2. The van der Waals surface area contributed by atoms with E-state index in [4.69, 9.17) is 0 Å². The Labute approximate surface area is 178 Å². The van der Waals surface area contributed by atoms with Crippen molar-refractivity contribution in [3.63, 3.8) is 0 Å². The summed E-state index contributed by atoms with van der Waals surface area (Å²) >= 11 is 2.05. The summed E-state index contributed by atoms with van der Waals surface area (Å²) in [4.78, 5) is 6.92. The Balaban J connectivity index is 0.00000243. The maximum absolute atomic E-state index is 4.40. The van der Waals surface area contributed by atoms with Crippen LogP contribution in [0.4, 0.5) is 0 Å². The van der Waals surface area contributed by atoms with Crippen LogP contribution >= 0.6 is 35.7 Å². The summed E-state index contributed by atoms with van der Waals surface area (Å²) in [6.07, 6.45) is 2.04. The number of hydrogen-bond acceptors (Lipinski definition) is 5. The van der Waals surface area contributed by atoms with Crippen LogP contribution in [0.5, 0.6) is 0 Å². The van der Waals surface area contributed by atoms with E-state index in [-0.39, 0.29) is 24.0 Å². The first kappa shape index (κ1) is 21.7. The molecule has 1 fully saturated rings. The van der Waals surface area contributed by atoms with Gasteiger partial charge in [-0.2, -0.15) is 11.8 Å². The minimum atomic E-state index is 0. The Kier molecular flexibility index (Phi) is 8.95. The van der Waals surface area contributed by atoms with Gasteiger partial charge in [0, 0.05) is 69.7 Å². The van der Waals surface area contributed by atoms with Crippen molar-refractivity contribution in [1.82, 2.24) is 30.3 Å². The van der Waals surface area contributed by atoms with Crippen molar-refractivity contribution >= 4 is 41.7 Å². The summed E-state index contributed by atoms with van der Waals surface area (Å²) in [6, 6.07) is 0.374. The Morgan fingerprint density at radius 3 is 2.77 bits per heavy atom. The summed E-state index contributed by atoms with van der Waals surface area (Å²) in [5.41, 5.74) is 0. The molecule has 0 aromatic carbocycles. The zero-order valence-corrected chi connectivity index (χ0v) is 19.2. The maximum Gasteiger partial charge on any atom is 0.191 e. The first-order valence-corrected chi connectivity index (χ1v) is 10.5. The minimum absolute atomic E-state index is 0. The van der Waals surface area contributed by atoms with Gasteiger partial charge < -0.3 is 15.2 Å². The molecule has 0 radical (unpaired) electrons. The zero-order chi connectivity index (χ0) is 17.6. The second-order valence-corrected chi connectivity index (χ2v) is 8.30. The number of fused-ring (bicyclic) bond motifs is 1. The van der Waals surface area contributed by atoms with Crippen LogP contribution in [0.2, 0.25) is 0 Å². The van der Waals surface area contributed by atoms with Crippen LogP contribution in [0.3, 0.4) is 0 Å². The zero-order valence-electron chi connectivity index (χ0n) is 16.1. The van der Waals surface area contributed by atoms with E-state index in [1.54, 1.807) is 0 Å². The molecule has 1 atom stereocenters. The molecule has 1 saturated heterocycles. The van der Waals surface area contributed by atoms with Gasteiger partial charge >= 0.3 is 0 Å². The molecule has 7 nitrogen and oxygen atoms in total. The number of aromatic nitrogens is 3. The monoisotopic (exact) mass is 493 g/mol. The van der Waals surface area contributed by atoms with E-state index in [1.165, 1.54) is 24.6 Å². The summed E-state index contributed by atoms with van der Waals surface area (Å²) in [5.74, 6) is 6.03. The second-order valence-electron chi connectivity index (χ2n) is 7.07. The molecule has 2 N–H and O–H groups in total. The van der Waals surface area contributed by atoms with Crippen LogP contribution < -0.4 is 10.6 Å². The van der Waals surface area contributed by atoms with Crippen LogP contribution in [0.25, 0.3) is 0 Å². The number of rotatable bonds is 5. The van der Waals surface area contributed by atoms with Crippen molar-refractivity contribution in [2.24, 2.45) is 4.99 Å². The highest BCUT2D eigenvalue weighted by Gasteiger charge is 2.24. The summed E-state index contributed by atoms with van der Waals surface area (Å²) < 4.78 is 2.28. The molecule has 3 heterocycles. The SMILES string of the molecule is CN=C(NCCN1CCSCC1)NC1CCc2nnc(C(C)C)n2C1.I. The van der Waals surface area contributed by atoms with Crippen LogP contribution in [0.15, 0.2) is 4.99 Å². The Bertz CT molecular complexity index is 584. The van der Waals surface area contributed by atoms with E-state index in [0.29, 0.717) is 12.0 Å². The van der Waals surface area contributed by atoms with Gasteiger partial charge in [0.25, 0.3) is 0 Å². The average molecular weight is 493 g/mol. The van der Waals surface area contributed by atoms with Crippen LogP contribution in [0.1, 0.15) is 37.8 Å². The largest absolute Gasteiger partial charge is 0.355 e. The lowest BCUT2D eigenvalue weighted by molar-refractivity contribution is 0.306. The molecule has 1 aromatic rings. The van der Waals surface area contributed by atoms with Gasteiger partial charge in [-0.3, -0.25) is 9.89 Å². The molecule has 0 aliphatic carbocycles. The van der Waals surface area contributed by atoms with Crippen molar-refractivity contribution in [2.75, 3.05) is 44.7 Å². The molecule has 1 aromatic heterocycles. The van der Waals surface area contributed by atoms with Crippen LogP contribution in [-0.4, -0.2) is 76.4 Å².